The van der Waals surface area contributed by atoms with Gasteiger partial charge in [-0.15, -0.1) is 0 Å². The molecule has 3 N–H and O–H groups in total. The molecule has 0 radical (unpaired) electrons. The Labute approximate surface area is 188 Å². The molecule has 32 heavy (non-hydrogen) atoms. The maximum Gasteiger partial charge on any atom is 0.265 e. The normalized spacial score (nSPS) is 12.1. The molecule has 0 aliphatic carbocycles. The van der Waals surface area contributed by atoms with Gasteiger partial charge in [0.25, 0.3) is 10.0 Å². The standard InChI is InChI=1S/C22H29N3O6S/c1-6-31-18-10-7-16(8-11-18)25-32(28,29)20-13-17(9-12-19(20)30-5)24-22(27)21(14(2)3)23-15(4)26/h7-14,21,25H,6H2,1-5H3,(H,23,26)(H,24,27). The van der Waals surface area contributed by atoms with Gasteiger partial charge in [0.05, 0.1) is 13.7 Å². The molecule has 0 heterocycles. The zero-order chi connectivity index (χ0) is 23.9. The predicted molar refractivity (Wildman–Crippen MR) is 122 cm³/mol. The first-order valence-electron chi connectivity index (χ1n) is 10.1. The van der Waals surface area contributed by atoms with Gasteiger partial charge in [0.15, 0.2) is 0 Å². The number of benzene rings is 2. The first-order valence-corrected chi connectivity index (χ1v) is 11.6. The van der Waals surface area contributed by atoms with E-state index in [0.29, 0.717) is 18.0 Å². The zero-order valence-corrected chi connectivity index (χ0v) is 19.6. The van der Waals surface area contributed by atoms with Gasteiger partial charge in [0.2, 0.25) is 11.8 Å². The first-order chi connectivity index (χ1) is 15.1. The molecule has 0 saturated carbocycles. The van der Waals surface area contributed by atoms with Crippen molar-refractivity contribution in [2.75, 3.05) is 23.8 Å². The number of anilines is 2. The highest BCUT2D eigenvalue weighted by Gasteiger charge is 2.25. The van der Waals surface area contributed by atoms with E-state index in [4.69, 9.17) is 9.47 Å². The molecule has 9 nitrogen and oxygen atoms in total. The Balaban J connectivity index is 2.29. The lowest BCUT2D eigenvalue weighted by Gasteiger charge is -2.21. The number of hydrogen-bond donors (Lipinski definition) is 3. The van der Waals surface area contributed by atoms with Gasteiger partial charge < -0.3 is 20.1 Å². The Hall–Kier alpha value is -3.27. The molecule has 0 aromatic heterocycles. The molecule has 0 aliphatic heterocycles. The molecule has 174 valence electrons. The van der Waals surface area contributed by atoms with Gasteiger partial charge in [-0.2, -0.15) is 0 Å². The lowest BCUT2D eigenvalue weighted by atomic mass is 10.0. The predicted octanol–water partition coefficient (Wildman–Crippen LogP) is 2.99. The van der Waals surface area contributed by atoms with Gasteiger partial charge in [0.1, 0.15) is 22.4 Å². The number of rotatable bonds is 10. The average Bonchev–Trinajstić information content (AvgIpc) is 2.73. The minimum Gasteiger partial charge on any atom is -0.495 e. The molecule has 0 saturated heterocycles. The number of amides is 2. The van der Waals surface area contributed by atoms with Crippen LogP contribution < -0.4 is 24.8 Å². The van der Waals surface area contributed by atoms with Crippen molar-refractivity contribution in [3.63, 3.8) is 0 Å². The number of carbonyl (C=O) groups excluding carboxylic acids is 2. The molecule has 1 unspecified atom stereocenters. The Bertz CT molecular complexity index is 1050. The third kappa shape index (κ3) is 6.61. The van der Waals surface area contributed by atoms with Crippen LogP contribution in [0, 0.1) is 5.92 Å². The van der Waals surface area contributed by atoms with Gasteiger partial charge >= 0.3 is 0 Å². The highest BCUT2D eigenvalue weighted by atomic mass is 32.2. The van der Waals surface area contributed by atoms with E-state index >= 15 is 0 Å². The third-order valence-electron chi connectivity index (χ3n) is 4.45. The van der Waals surface area contributed by atoms with Crippen molar-refractivity contribution >= 4 is 33.2 Å². The maximum absolute atomic E-state index is 13.0. The summed E-state index contributed by atoms with van der Waals surface area (Å²) in [6.45, 7) is 7.28. The summed E-state index contributed by atoms with van der Waals surface area (Å²) in [7, 11) is -2.68. The lowest BCUT2D eigenvalue weighted by molar-refractivity contribution is -0.126. The highest BCUT2D eigenvalue weighted by Crippen LogP contribution is 2.29. The monoisotopic (exact) mass is 463 g/mol. The summed E-state index contributed by atoms with van der Waals surface area (Å²) >= 11 is 0. The number of sulfonamides is 1. The number of methoxy groups -OCH3 is 1. The number of ether oxygens (including phenoxy) is 2. The van der Waals surface area contributed by atoms with Crippen LogP contribution in [0.3, 0.4) is 0 Å². The quantitative estimate of drug-likeness (QED) is 0.498. The Morgan fingerprint density at radius 3 is 2.19 bits per heavy atom. The average molecular weight is 464 g/mol. The van der Waals surface area contributed by atoms with E-state index in [2.05, 4.69) is 15.4 Å². The van der Waals surface area contributed by atoms with Crippen LogP contribution in [0.4, 0.5) is 11.4 Å². The largest absolute Gasteiger partial charge is 0.495 e. The van der Waals surface area contributed by atoms with Crippen LogP contribution in [0.2, 0.25) is 0 Å². The van der Waals surface area contributed by atoms with Crippen molar-refractivity contribution in [2.45, 2.75) is 38.6 Å². The van der Waals surface area contributed by atoms with Crippen LogP contribution in [0.25, 0.3) is 0 Å². The Morgan fingerprint density at radius 2 is 1.66 bits per heavy atom. The van der Waals surface area contributed by atoms with Gasteiger partial charge in [-0.05, 0) is 55.3 Å². The Morgan fingerprint density at radius 1 is 1.03 bits per heavy atom. The van der Waals surface area contributed by atoms with Crippen molar-refractivity contribution in [3.8, 4) is 11.5 Å². The Kier molecular flexibility index (Phi) is 8.48. The number of carbonyl (C=O) groups is 2. The summed E-state index contributed by atoms with van der Waals surface area (Å²) in [5.74, 6) is -0.221. The molecule has 0 bridgehead atoms. The van der Waals surface area contributed by atoms with Crippen LogP contribution in [0.5, 0.6) is 11.5 Å². The van der Waals surface area contributed by atoms with Crippen LogP contribution in [-0.2, 0) is 19.6 Å². The molecule has 2 rings (SSSR count). The second-order valence-electron chi connectivity index (χ2n) is 7.34. The van der Waals surface area contributed by atoms with Crippen LogP contribution >= 0.6 is 0 Å². The second kappa shape index (κ2) is 10.9. The fourth-order valence-corrected chi connectivity index (χ4v) is 4.19. The first kappa shape index (κ1) is 25.0. The summed E-state index contributed by atoms with van der Waals surface area (Å²) in [4.78, 5) is 23.9. The van der Waals surface area contributed by atoms with Gasteiger partial charge in [-0.3, -0.25) is 14.3 Å². The van der Waals surface area contributed by atoms with Crippen molar-refractivity contribution in [3.05, 3.63) is 42.5 Å². The highest BCUT2D eigenvalue weighted by molar-refractivity contribution is 7.92. The minimum atomic E-state index is -4.03. The smallest absolute Gasteiger partial charge is 0.265 e. The van der Waals surface area contributed by atoms with Crippen molar-refractivity contribution in [1.29, 1.82) is 0 Å². The molecule has 2 aromatic rings. The van der Waals surface area contributed by atoms with Crippen molar-refractivity contribution in [2.24, 2.45) is 5.92 Å². The molecule has 0 spiro atoms. The second-order valence-corrected chi connectivity index (χ2v) is 8.99. The SMILES string of the molecule is CCOc1ccc(NS(=O)(=O)c2cc(NC(=O)C(NC(C)=O)C(C)C)ccc2OC)cc1. The van der Waals surface area contributed by atoms with Crippen molar-refractivity contribution in [1.82, 2.24) is 5.32 Å². The molecule has 1 atom stereocenters. The van der Waals surface area contributed by atoms with Crippen LogP contribution in [0.1, 0.15) is 27.7 Å². The van der Waals surface area contributed by atoms with Crippen LogP contribution in [-0.4, -0.2) is 40.0 Å². The van der Waals surface area contributed by atoms with Gasteiger partial charge in [-0.25, -0.2) is 8.42 Å². The third-order valence-corrected chi connectivity index (χ3v) is 5.85. The van der Waals surface area contributed by atoms with Crippen molar-refractivity contribution < 1.29 is 27.5 Å². The van der Waals surface area contributed by atoms with E-state index in [1.807, 2.05) is 6.92 Å². The molecular formula is C22H29N3O6S. The van der Waals surface area contributed by atoms with Gasteiger partial charge in [-0.1, -0.05) is 13.8 Å². The van der Waals surface area contributed by atoms with E-state index in [1.165, 1.54) is 32.2 Å². The number of nitrogens with one attached hydrogen (secondary N) is 3. The zero-order valence-electron chi connectivity index (χ0n) is 18.8. The molecule has 0 fully saturated rings. The minimum absolute atomic E-state index is 0.115. The number of hydrogen-bond acceptors (Lipinski definition) is 6. The van der Waals surface area contributed by atoms with E-state index < -0.39 is 22.0 Å². The summed E-state index contributed by atoms with van der Waals surface area (Å²) in [5, 5.41) is 5.26. The topological polar surface area (TPSA) is 123 Å². The molecule has 2 aromatic carbocycles. The summed E-state index contributed by atoms with van der Waals surface area (Å²) in [6, 6.07) is 9.99. The molecular weight excluding hydrogens is 434 g/mol. The molecule has 2 amide bonds. The van der Waals surface area contributed by atoms with E-state index in [1.54, 1.807) is 38.1 Å². The fourth-order valence-electron chi connectivity index (χ4n) is 2.93. The summed E-state index contributed by atoms with van der Waals surface area (Å²) in [6.07, 6.45) is 0. The van der Waals surface area contributed by atoms with Gasteiger partial charge in [0, 0.05) is 18.3 Å². The lowest BCUT2D eigenvalue weighted by Crippen LogP contribution is -2.46. The van der Waals surface area contributed by atoms with E-state index in [9.17, 15) is 18.0 Å². The molecule has 10 heteroatoms. The summed E-state index contributed by atoms with van der Waals surface area (Å²) < 4.78 is 39.1. The molecule has 0 aliphatic rings. The summed E-state index contributed by atoms with van der Waals surface area (Å²) in [5.41, 5.74) is 0.592. The van der Waals surface area contributed by atoms with E-state index in [-0.39, 0.29) is 28.2 Å². The maximum atomic E-state index is 13.0. The fraction of sp³-hybridized carbons (Fsp3) is 0.364. The van der Waals surface area contributed by atoms with Crippen LogP contribution in [0.15, 0.2) is 47.4 Å². The van der Waals surface area contributed by atoms with E-state index in [0.717, 1.165) is 0 Å².